The molecule has 37 heavy (non-hydrogen) atoms. The van der Waals surface area contributed by atoms with Crippen LogP contribution in [0, 0.1) is 0 Å². The first-order valence-corrected chi connectivity index (χ1v) is 17.8. The van der Waals surface area contributed by atoms with Crippen LogP contribution in [-0.4, -0.2) is 47.0 Å². The molecule has 0 fully saturated rings. The van der Waals surface area contributed by atoms with Gasteiger partial charge in [-0.05, 0) is 45.8 Å². The molecule has 0 radical (unpaired) electrons. The Kier molecular flexibility index (Phi) is 24.9. The van der Waals surface area contributed by atoms with Crippen molar-refractivity contribution in [2.45, 2.75) is 161 Å². The van der Waals surface area contributed by atoms with Gasteiger partial charge < -0.3 is 18.9 Å². The van der Waals surface area contributed by atoms with E-state index in [-0.39, 0.29) is 12.7 Å². The monoisotopic (exact) mass is 566 g/mol. The first-order valence-electron chi connectivity index (χ1n) is 15.2. The highest BCUT2D eigenvalue weighted by molar-refractivity contribution is 7.99. The molecule has 0 amide bonds. The van der Waals surface area contributed by atoms with Crippen molar-refractivity contribution < 1.29 is 28.3 Å². The van der Waals surface area contributed by atoms with Gasteiger partial charge in [-0.2, -0.15) is 11.8 Å². The number of unbranched alkanes of at least 4 members (excludes halogenated alkanes) is 13. The molecule has 0 aromatic carbocycles. The van der Waals surface area contributed by atoms with E-state index in [1.54, 1.807) is 13.8 Å². The maximum atomic E-state index is 12.0. The second-order valence-electron chi connectivity index (χ2n) is 10.5. The zero-order chi connectivity index (χ0) is 27.8. The Hall–Kier alpha value is -0.0700. The smallest absolute Gasteiger partial charge is 0.435 e. The van der Waals surface area contributed by atoms with E-state index in [4.69, 9.17) is 14.0 Å². The molecule has 0 saturated heterocycles. The van der Waals surface area contributed by atoms with Crippen molar-refractivity contribution >= 4 is 25.1 Å². The van der Waals surface area contributed by atoms with Crippen molar-refractivity contribution in [1.29, 1.82) is 0 Å². The molecule has 0 rings (SSSR count). The van der Waals surface area contributed by atoms with Crippen LogP contribution in [-0.2, 0) is 18.6 Å². The second-order valence-corrected chi connectivity index (χ2v) is 13.5. The summed E-state index contributed by atoms with van der Waals surface area (Å²) in [6, 6.07) is 0. The van der Waals surface area contributed by atoms with Crippen LogP contribution >= 0.6 is 19.4 Å². The highest BCUT2D eigenvalue weighted by atomic mass is 32.2. The van der Waals surface area contributed by atoms with Gasteiger partial charge in [0.1, 0.15) is 0 Å². The molecular weight excluding hydrogens is 507 g/mol. The second kappa shape index (κ2) is 24.9. The zero-order valence-electron chi connectivity index (χ0n) is 24.7. The minimum atomic E-state index is -4.40. The predicted octanol–water partition coefficient (Wildman–Crippen LogP) is 9.91. The standard InChI is InChI=1S/C29H59O6PS/c1-6-8-10-12-14-16-18-20-25-37-28(22-19-17-15-13-11-9-7-2)27(5)33-23-21-24-34-36(31,32)29(30)35-26(3)4/h26-28H,6-25H2,1-5H3,(H,31,32). The molecule has 222 valence electrons. The Bertz CT molecular complexity index is 575. The third kappa shape index (κ3) is 22.4. The van der Waals surface area contributed by atoms with Crippen LogP contribution in [0.2, 0.25) is 0 Å². The molecule has 0 saturated carbocycles. The van der Waals surface area contributed by atoms with Gasteiger partial charge in [0.25, 0.3) is 0 Å². The van der Waals surface area contributed by atoms with Gasteiger partial charge in [0, 0.05) is 11.9 Å². The molecule has 0 bridgehead atoms. The third-order valence-corrected chi connectivity index (χ3v) is 9.12. The van der Waals surface area contributed by atoms with Gasteiger partial charge in [-0.15, -0.1) is 0 Å². The minimum Gasteiger partial charge on any atom is -0.454 e. The molecule has 0 aliphatic heterocycles. The fourth-order valence-corrected chi connectivity index (χ4v) is 6.35. The molecule has 0 aromatic heterocycles. The fourth-order valence-electron chi connectivity index (χ4n) is 4.17. The molecule has 8 heteroatoms. The Morgan fingerprint density at radius 3 is 1.81 bits per heavy atom. The van der Waals surface area contributed by atoms with Gasteiger partial charge in [-0.1, -0.05) is 104 Å². The maximum absolute atomic E-state index is 12.0. The third-order valence-electron chi connectivity index (χ3n) is 6.45. The highest BCUT2D eigenvalue weighted by Crippen LogP contribution is 2.44. The van der Waals surface area contributed by atoms with Crippen LogP contribution in [0.25, 0.3) is 0 Å². The number of ether oxygens (including phenoxy) is 2. The molecule has 1 N–H and O–H groups in total. The van der Waals surface area contributed by atoms with Gasteiger partial charge in [0.2, 0.25) is 0 Å². The lowest BCUT2D eigenvalue weighted by molar-refractivity contribution is 0.0533. The first kappa shape index (κ1) is 36.9. The number of thioether (sulfide) groups is 1. The molecule has 0 aromatic rings. The van der Waals surface area contributed by atoms with Crippen molar-refractivity contribution in [1.82, 2.24) is 0 Å². The Morgan fingerprint density at radius 1 is 0.757 bits per heavy atom. The number of hydrogen-bond acceptors (Lipinski definition) is 6. The molecule has 0 aliphatic rings. The van der Waals surface area contributed by atoms with Crippen LogP contribution in [0.1, 0.15) is 144 Å². The lowest BCUT2D eigenvalue weighted by atomic mass is 10.1. The molecular formula is C29H59O6PS. The summed E-state index contributed by atoms with van der Waals surface area (Å²) in [5.41, 5.74) is -1.19. The predicted molar refractivity (Wildman–Crippen MR) is 159 cm³/mol. The van der Waals surface area contributed by atoms with Crippen molar-refractivity contribution in [2.24, 2.45) is 0 Å². The topological polar surface area (TPSA) is 82.1 Å². The van der Waals surface area contributed by atoms with E-state index >= 15 is 0 Å². The van der Waals surface area contributed by atoms with Gasteiger partial charge in [-0.25, -0.2) is 9.36 Å². The highest BCUT2D eigenvalue weighted by Gasteiger charge is 2.33. The van der Waals surface area contributed by atoms with Crippen LogP contribution in [0.4, 0.5) is 4.79 Å². The van der Waals surface area contributed by atoms with Crippen LogP contribution < -0.4 is 0 Å². The summed E-state index contributed by atoms with van der Waals surface area (Å²) in [5.74, 6) is 1.18. The van der Waals surface area contributed by atoms with Gasteiger partial charge in [0.05, 0.1) is 18.8 Å². The Morgan fingerprint density at radius 2 is 1.27 bits per heavy atom. The summed E-state index contributed by atoms with van der Waals surface area (Å²) in [6.45, 7) is 10.3. The average Bonchev–Trinajstić information content (AvgIpc) is 2.85. The zero-order valence-corrected chi connectivity index (χ0v) is 26.4. The minimum absolute atomic E-state index is 0.0124. The van der Waals surface area contributed by atoms with E-state index in [1.807, 2.05) is 11.8 Å². The number of hydrogen-bond donors (Lipinski definition) is 1. The SMILES string of the molecule is CCCCCCCCCCSC(CCCCCCCCC)C(C)OCCCOP(=O)(O)C(=O)OC(C)C. The molecule has 0 spiro atoms. The van der Waals surface area contributed by atoms with E-state index in [9.17, 15) is 14.3 Å². The first-order chi connectivity index (χ1) is 17.7. The van der Waals surface area contributed by atoms with Crippen molar-refractivity contribution in [3.8, 4) is 0 Å². The molecule has 0 aliphatic carbocycles. The number of rotatable bonds is 27. The van der Waals surface area contributed by atoms with E-state index in [2.05, 4.69) is 20.8 Å². The van der Waals surface area contributed by atoms with E-state index in [0.29, 0.717) is 18.3 Å². The quantitative estimate of drug-likeness (QED) is 0.0782. The molecule has 6 nitrogen and oxygen atoms in total. The van der Waals surface area contributed by atoms with Gasteiger partial charge >= 0.3 is 13.3 Å². The average molecular weight is 567 g/mol. The Labute approximate surface area is 233 Å². The summed E-state index contributed by atoms with van der Waals surface area (Å²) < 4.78 is 27.8. The van der Waals surface area contributed by atoms with E-state index in [0.717, 1.165) is 0 Å². The lowest BCUT2D eigenvalue weighted by Gasteiger charge is -2.24. The summed E-state index contributed by atoms with van der Waals surface area (Å²) in [6.07, 6.45) is 21.2. The molecule has 0 heterocycles. The number of carbonyl (C=O) groups is 1. The molecule has 3 atom stereocenters. The maximum Gasteiger partial charge on any atom is 0.435 e. The van der Waals surface area contributed by atoms with Crippen LogP contribution in [0.15, 0.2) is 0 Å². The van der Waals surface area contributed by atoms with Crippen LogP contribution in [0.3, 0.4) is 0 Å². The van der Waals surface area contributed by atoms with E-state index < -0.39 is 19.4 Å². The van der Waals surface area contributed by atoms with Gasteiger partial charge in [0.15, 0.2) is 0 Å². The normalized spacial score (nSPS) is 15.0. The summed E-state index contributed by atoms with van der Waals surface area (Å²) in [7, 11) is -4.40. The lowest BCUT2D eigenvalue weighted by Crippen LogP contribution is -2.25. The fraction of sp³-hybridized carbons (Fsp3) is 0.966. The largest absolute Gasteiger partial charge is 0.454 e. The number of carbonyl (C=O) groups excluding carboxylic acids is 1. The summed E-state index contributed by atoms with van der Waals surface area (Å²) >= 11 is 2.05. The van der Waals surface area contributed by atoms with Gasteiger partial charge in [-0.3, -0.25) is 0 Å². The van der Waals surface area contributed by atoms with E-state index in [1.165, 1.54) is 108 Å². The van der Waals surface area contributed by atoms with Crippen molar-refractivity contribution in [3.63, 3.8) is 0 Å². The van der Waals surface area contributed by atoms with Crippen molar-refractivity contribution in [3.05, 3.63) is 0 Å². The molecule has 3 unspecified atom stereocenters. The summed E-state index contributed by atoms with van der Waals surface area (Å²) in [5, 5.41) is 0.464. The van der Waals surface area contributed by atoms with Crippen LogP contribution in [0.5, 0.6) is 0 Å². The summed E-state index contributed by atoms with van der Waals surface area (Å²) in [4.78, 5) is 21.4. The Balaban J connectivity index is 4.32. The van der Waals surface area contributed by atoms with Crippen molar-refractivity contribution in [2.75, 3.05) is 19.0 Å².